The molecule has 1 fully saturated rings. The summed E-state index contributed by atoms with van der Waals surface area (Å²) in [7, 11) is 0. The van der Waals surface area contributed by atoms with Crippen LogP contribution in [-0.2, 0) is 28.6 Å². The average Bonchev–Trinajstić information content (AvgIpc) is 2.48. The molecule has 1 saturated carbocycles. The zero-order valence-electron chi connectivity index (χ0n) is 14.8. The SMILES string of the molecule is CC(=O)OCC1CC(OCCCC(=O)O)C(C)C(OC(C)=O)C1C. The van der Waals surface area contributed by atoms with Crippen molar-refractivity contribution in [1.82, 2.24) is 0 Å². The van der Waals surface area contributed by atoms with Crippen molar-refractivity contribution in [2.45, 2.75) is 59.2 Å². The lowest BCUT2D eigenvalue weighted by molar-refractivity contribution is -0.171. The molecule has 0 aliphatic heterocycles. The number of hydrogen-bond acceptors (Lipinski definition) is 6. The molecule has 1 aliphatic rings. The topological polar surface area (TPSA) is 99.1 Å². The van der Waals surface area contributed by atoms with Crippen LogP contribution < -0.4 is 0 Å². The molecule has 7 nitrogen and oxygen atoms in total. The Balaban J connectivity index is 2.71. The van der Waals surface area contributed by atoms with Crippen molar-refractivity contribution in [3.05, 3.63) is 0 Å². The Bertz CT molecular complexity index is 448. The minimum absolute atomic E-state index is 0.0118. The first-order chi connectivity index (χ1) is 11.2. The van der Waals surface area contributed by atoms with E-state index < -0.39 is 5.97 Å². The molecular formula is C17H28O7. The molecule has 0 heterocycles. The van der Waals surface area contributed by atoms with E-state index >= 15 is 0 Å². The lowest BCUT2D eigenvalue weighted by Crippen LogP contribution is -2.48. The Labute approximate surface area is 142 Å². The number of hydrogen-bond donors (Lipinski definition) is 1. The maximum Gasteiger partial charge on any atom is 0.303 e. The first-order valence-electron chi connectivity index (χ1n) is 8.36. The van der Waals surface area contributed by atoms with E-state index in [4.69, 9.17) is 19.3 Å². The van der Waals surface area contributed by atoms with Gasteiger partial charge in [-0.15, -0.1) is 0 Å². The van der Waals surface area contributed by atoms with Crippen molar-refractivity contribution in [3.8, 4) is 0 Å². The van der Waals surface area contributed by atoms with Crippen molar-refractivity contribution < 1.29 is 33.7 Å². The quantitative estimate of drug-likeness (QED) is 0.531. The minimum Gasteiger partial charge on any atom is -0.481 e. The Morgan fingerprint density at radius 3 is 2.29 bits per heavy atom. The number of ether oxygens (including phenoxy) is 3. The summed E-state index contributed by atoms with van der Waals surface area (Å²) in [5.41, 5.74) is 0. The maximum absolute atomic E-state index is 11.4. The summed E-state index contributed by atoms with van der Waals surface area (Å²) in [6.07, 6.45) is 0.685. The van der Waals surface area contributed by atoms with Crippen molar-refractivity contribution in [3.63, 3.8) is 0 Å². The summed E-state index contributed by atoms with van der Waals surface area (Å²) in [4.78, 5) is 33.1. The van der Waals surface area contributed by atoms with Gasteiger partial charge in [-0.1, -0.05) is 13.8 Å². The molecule has 0 saturated heterocycles. The van der Waals surface area contributed by atoms with E-state index in [1.165, 1.54) is 13.8 Å². The van der Waals surface area contributed by atoms with Gasteiger partial charge in [0.1, 0.15) is 6.10 Å². The van der Waals surface area contributed by atoms with Crippen LogP contribution in [0.5, 0.6) is 0 Å². The molecular weight excluding hydrogens is 316 g/mol. The predicted molar refractivity (Wildman–Crippen MR) is 85.2 cm³/mol. The van der Waals surface area contributed by atoms with Crippen LogP contribution in [0.3, 0.4) is 0 Å². The van der Waals surface area contributed by atoms with Crippen LogP contribution in [0.25, 0.3) is 0 Å². The fraction of sp³-hybridized carbons (Fsp3) is 0.824. The minimum atomic E-state index is -0.852. The Kier molecular flexibility index (Phi) is 8.18. The smallest absolute Gasteiger partial charge is 0.303 e. The lowest BCUT2D eigenvalue weighted by Gasteiger charge is -2.43. The molecule has 5 unspecified atom stereocenters. The number of carboxylic acid groups (broad SMARTS) is 1. The molecule has 1 N–H and O–H groups in total. The molecule has 5 atom stereocenters. The first-order valence-corrected chi connectivity index (χ1v) is 8.36. The molecule has 24 heavy (non-hydrogen) atoms. The van der Waals surface area contributed by atoms with Crippen LogP contribution in [0.2, 0.25) is 0 Å². The standard InChI is InChI=1S/C17H28O7/c1-10-14(9-23-12(3)18)8-15(22-7-5-6-16(20)21)11(2)17(10)24-13(4)19/h10-11,14-15,17H,5-9H2,1-4H3,(H,20,21). The second-order valence-electron chi connectivity index (χ2n) is 6.50. The van der Waals surface area contributed by atoms with Crippen LogP contribution in [0.15, 0.2) is 0 Å². The summed E-state index contributed by atoms with van der Waals surface area (Å²) < 4.78 is 16.5. The van der Waals surface area contributed by atoms with Crippen molar-refractivity contribution in [1.29, 1.82) is 0 Å². The van der Waals surface area contributed by atoms with Gasteiger partial charge in [-0.05, 0) is 18.8 Å². The van der Waals surface area contributed by atoms with Gasteiger partial charge in [0.2, 0.25) is 0 Å². The largest absolute Gasteiger partial charge is 0.481 e. The van der Waals surface area contributed by atoms with Crippen molar-refractivity contribution in [2.75, 3.05) is 13.2 Å². The summed E-state index contributed by atoms with van der Waals surface area (Å²) in [6.45, 7) is 7.28. The van der Waals surface area contributed by atoms with E-state index in [2.05, 4.69) is 0 Å². The normalized spacial score (nSPS) is 29.8. The molecule has 0 spiro atoms. The predicted octanol–water partition coefficient (Wildman–Crippen LogP) is 2.02. The van der Waals surface area contributed by atoms with E-state index in [9.17, 15) is 14.4 Å². The van der Waals surface area contributed by atoms with Gasteiger partial charge in [0.25, 0.3) is 0 Å². The van der Waals surface area contributed by atoms with Gasteiger partial charge < -0.3 is 19.3 Å². The van der Waals surface area contributed by atoms with Gasteiger partial charge in [-0.25, -0.2) is 0 Å². The monoisotopic (exact) mass is 344 g/mol. The Morgan fingerprint density at radius 2 is 1.75 bits per heavy atom. The summed E-state index contributed by atoms with van der Waals surface area (Å²) in [6, 6.07) is 0. The van der Waals surface area contributed by atoms with Crippen molar-refractivity contribution >= 4 is 17.9 Å². The zero-order valence-corrected chi connectivity index (χ0v) is 14.8. The number of rotatable bonds is 8. The number of carboxylic acids is 1. The average molecular weight is 344 g/mol. The van der Waals surface area contributed by atoms with Gasteiger partial charge in [-0.2, -0.15) is 0 Å². The second kappa shape index (κ2) is 9.61. The molecule has 0 amide bonds. The van der Waals surface area contributed by atoms with E-state index in [-0.39, 0.29) is 54.9 Å². The maximum atomic E-state index is 11.4. The molecule has 7 heteroatoms. The van der Waals surface area contributed by atoms with E-state index in [1.807, 2.05) is 13.8 Å². The van der Waals surface area contributed by atoms with Gasteiger partial charge in [0.05, 0.1) is 12.7 Å². The molecule has 138 valence electrons. The van der Waals surface area contributed by atoms with E-state index in [1.54, 1.807) is 0 Å². The highest BCUT2D eigenvalue weighted by Crippen LogP contribution is 2.38. The number of esters is 2. The summed E-state index contributed by atoms with van der Waals surface area (Å²) >= 11 is 0. The third kappa shape index (κ3) is 6.47. The molecule has 0 aromatic rings. The van der Waals surface area contributed by atoms with Crippen LogP contribution in [0.4, 0.5) is 0 Å². The summed E-state index contributed by atoms with van der Waals surface area (Å²) in [5.74, 6) is -1.49. The van der Waals surface area contributed by atoms with Gasteiger partial charge in [0.15, 0.2) is 0 Å². The van der Waals surface area contributed by atoms with Crippen LogP contribution in [0.1, 0.15) is 47.0 Å². The molecule has 0 bridgehead atoms. The third-order valence-corrected chi connectivity index (χ3v) is 4.57. The lowest BCUT2D eigenvalue weighted by atomic mass is 9.72. The fourth-order valence-corrected chi connectivity index (χ4v) is 3.21. The molecule has 1 rings (SSSR count). The zero-order chi connectivity index (χ0) is 18.3. The van der Waals surface area contributed by atoms with E-state index in [0.29, 0.717) is 19.4 Å². The van der Waals surface area contributed by atoms with Crippen LogP contribution in [0, 0.1) is 17.8 Å². The fourth-order valence-electron chi connectivity index (χ4n) is 3.21. The third-order valence-electron chi connectivity index (χ3n) is 4.57. The Hall–Kier alpha value is -1.63. The van der Waals surface area contributed by atoms with E-state index in [0.717, 1.165) is 0 Å². The Morgan fingerprint density at radius 1 is 1.08 bits per heavy atom. The first kappa shape index (κ1) is 20.4. The number of carbonyl (C=O) groups excluding carboxylic acids is 2. The number of carbonyl (C=O) groups is 3. The van der Waals surface area contributed by atoms with Gasteiger partial charge in [0, 0.05) is 38.7 Å². The van der Waals surface area contributed by atoms with Crippen LogP contribution >= 0.6 is 0 Å². The molecule has 0 radical (unpaired) electrons. The highest BCUT2D eigenvalue weighted by atomic mass is 16.6. The number of aliphatic carboxylic acids is 1. The van der Waals surface area contributed by atoms with Gasteiger partial charge in [-0.3, -0.25) is 14.4 Å². The molecule has 1 aliphatic carbocycles. The van der Waals surface area contributed by atoms with Crippen LogP contribution in [-0.4, -0.2) is 48.4 Å². The summed E-state index contributed by atoms with van der Waals surface area (Å²) in [5, 5.41) is 8.68. The van der Waals surface area contributed by atoms with Crippen molar-refractivity contribution in [2.24, 2.45) is 17.8 Å². The second-order valence-corrected chi connectivity index (χ2v) is 6.50. The highest BCUT2D eigenvalue weighted by Gasteiger charge is 2.43. The molecule has 0 aromatic carbocycles. The molecule has 0 aromatic heterocycles. The van der Waals surface area contributed by atoms with Gasteiger partial charge >= 0.3 is 17.9 Å². The highest BCUT2D eigenvalue weighted by molar-refractivity contribution is 5.67.